The molecule has 0 heterocycles. The average Bonchev–Trinajstić information content (AvgIpc) is 2.76. The lowest BCUT2D eigenvalue weighted by Gasteiger charge is -2.14. The van der Waals surface area contributed by atoms with E-state index in [9.17, 15) is 10.1 Å². The maximum Gasteiger partial charge on any atom is 0.231 e. The van der Waals surface area contributed by atoms with E-state index in [1.54, 1.807) is 37.5 Å². The Bertz CT molecular complexity index is 932. The van der Waals surface area contributed by atoms with Gasteiger partial charge in [-0.05, 0) is 41.5 Å². The molecule has 0 aliphatic heterocycles. The van der Waals surface area contributed by atoms with Crippen LogP contribution in [0.5, 0.6) is 23.0 Å². The van der Waals surface area contributed by atoms with Crippen molar-refractivity contribution in [1.82, 2.24) is 0 Å². The third kappa shape index (κ3) is 7.62. The van der Waals surface area contributed by atoms with E-state index in [4.69, 9.17) is 30.4 Å². The van der Waals surface area contributed by atoms with E-state index in [0.717, 1.165) is 5.56 Å². The van der Waals surface area contributed by atoms with Gasteiger partial charge in [0, 0.05) is 0 Å². The summed E-state index contributed by atoms with van der Waals surface area (Å²) in [5.41, 5.74) is 17.5. The van der Waals surface area contributed by atoms with Crippen molar-refractivity contribution in [3.63, 3.8) is 0 Å². The van der Waals surface area contributed by atoms with Crippen LogP contribution in [0.15, 0.2) is 30.3 Å². The molecule has 168 valence electrons. The molecule has 2 aromatic rings. The van der Waals surface area contributed by atoms with Crippen LogP contribution in [0.2, 0.25) is 0 Å². The number of nitrogen functional groups attached to an aromatic ring is 1. The lowest BCUT2D eigenvalue weighted by Crippen LogP contribution is -2.21. The summed E-state index contributed by atoms with van der Waals surface area (Å²) in [5, 5.41) is 9.58. The Morgan fingerprint density at radius 3 is 1.87 bits per heavy atom. The molecule has 0 unspecified atom stereocenters. The summed E-state index contributed by atoms with van der Waals surface area (Å²) in [7, 11) is 6.14. The minimum absolute atomic E-state index is 0. The molecule has 0 radical (unpaired) electrons. The number of hydrogen-bond donors (Lipinski definition) is 3. The molecule has 2 rings (SSSR count). The molecule has 0 fully saturated rings. The number of nitriles is 1. The third-order valence-electron chi connectivity index (χ3n) is 3.86. The van der Waals surface area contributed by atoms with E-state index in [-0.39, 0.29) is 19.0 Å². The van der Waals surface area contributed by atoms with Crippen LogP contribution in [0.25, 0.3) is 11.6 Å². The summed E-state index contributed by atoms with van der Waals surface area (Å²) in [6.45, 7) is -0.0556. The van der Waals surface area contributed by atoms with Gasteiger partial charge in [-0.3, -0.25) is 4.79 Å². The van der Waals surface area contributed by atoms with Crippen LogP contribution in [0.3, 0.4) is 0 Å². The van der Waals surface area contributed by atoms with Crippen LogP contribution in [0.4, 0.5) is 5.69 Å². The lowest BCUT2D eigenvalue weighted by molar-refractivity contribution is -0.116. The van der Waals surface area contributed by atoms with Gasteiger partial charge in [0.1, 0.15) is 5.75 Å². The van der Waals surface area contributed by atoms with Crippen molar-refractivity contribution in [3.05, 3.63) is 41.5 Å². The fourth-order valence-corrected chi connectivity index (χ4v) is 2.43. The molecule has 0 bridgehead atoms. The average molecular weight is 451 g/mol. The number of nitrogens with zero attached hydrogens (tertiary/aromatic N) is 1. The maximum absolute atomic E-state index is 9.58. The van der Waals surface area contributed by atoms with Gasteiger partial charge in [-0.15, -0.1) is 12.4 Å². The Morgan fingerprint density at radius 2 is 1.52 bits per heavy atom. The summed E-state index contributed by atoms with van der Waals surface area (Å²) in [6.07, 6.45) is 1.73. The van der Waals surface area contributed by atoms with Crippen molar-refractivity contribution in [3.8, 4) is 29.1 Å². The topological polar surface area (TPSA) is 156 Å². The maximum atomic E-state index is 9.58. The van der Waals surface area contributed by atoms with Crippen LogP contribution in [-0.2, 0) is 4.79 Å². The highest BCUT2D eigenvalue weighted by molar-refractivity contribution is 5.91. The molecule has 10 heteroatoms. The van der Waals surface area contributed by atoms with Crippen molar-refractivity contribution in [1.29, 1.82) is 5.26 Å². The number of carbonyl (C=O) groups excluding carboxylic acids is 1. The second-order valence-corrected chi connectivity index (χ2v) is 5.76. The van der Waals surface area contributed by atoms with Gasteiger partial charge in [-0.1, -0.05) is 6.07 Å². The molecular weight excluding hydrogens is 424 g/mol. The number of methoxy groups -OCH3 is 4. The second kappa shape index (κ2) is 13.6. The summed E-state index contributed by atoms with van der Waals surface area (Å²) in [4.78, 5) is 9.47. The highest BCUT2D eigenvalue weighted by Gasteiger charge is 2.15. The summed E-state index contributed by atoms with van der Waals surface area (Å²) >= 11 is 0. The number of allylic oxidation sites excluding steroid dienone is 1. The first-order chi connectivity index (χ1) is 14.3. The van der Waals surface area contributed by atoms with Gasteiger partial charge in [0.25, 0.3) is 0 Å². The van der Waals surface area contributed by atoms with Crippen molar-refractivity contribution in [2.75, 3.05) is 40.7 Å². The number of benzene rings is 2. The highest BCUT2D eigenvalue weighted by atomic mass is 35.5. The first-order valence-corrected chi connectivity index (χ1v) is 8.69. The Balaban J connectivity index is 0.00000135. The predicted octanol–water partition coefficient (Wildman–Crippen LogP) is 2.22. The summed E-state index contributed by atoms with van der Waals surface area (Å²) in [6, 6.07) is 11.0. The van der Waals surface area contributed by atoms with Gasteiger partial charge in [-0.25, -0.2) is 0 Å². The SMILES string of the molecule is COc1ccc(/C=C(/C#N)c2cc(OC)c(OC)c(OC)c2)cc1N.Cl.NCC(N)=O. The Labute approximate surface area is 187 Å². The highest BCUT2D eigenvalue weighted by Crippen LogP contribution is 2.40. The minimum atomic E-state index is -0.468. The first kappa shape index (κ1) is 27.4. The molecule has 0 atom stereocenters. The van der Waals surface area contributed by atoms with Gasteiger partial charge in [0.2, 0.25) is 11.7 Å². The van der Waals surface area contributed by atoms with Gasteiger partial charge in [0.05, 0.1) is 52.3 Å². The van der Waals surface area contributed by atoms with E-state index in [1.807, 2.05) is 6.07 Å². The van der Waals surface area contributed by atoms with Crippen LogP contribution in [0, 0.1) is 11.3 Å². The molecule has 0 aliphatic carbocycles. The molecule has 0 aromatic heterocycles. The van der Waals surface area contributed by atoms with E-state index in [1.165, 1.54) is 21.3 Å². The number of amides is 1. The lowest BCUT2D eigenvalue weighted by atomic mass is 10.0. The number of primary amides is 1. The van der Waals surface area contributed by atoms with Gasteiger partial charge in [0.15, 0.2) is 11.5 Å². The normalized spacial score (nSPS) is 9.87. The van der Waals surface area contributed by atoms with E-state index in [2.05, 4.69) is 11.8 Å². The molecule has 0 spiro atoms. The van der Waals surface area contributed by atoms with Gasteiger partial charge >= 0.3 is 0 Å². The third-order valence-corrected chi connectivity index (χ3v) is 3.86. The molecule has 9 nitrogen and oxygen atoms in total. The number of rotatable bonds is 7. The van der Waals surface area contributed by atoms with Crippen LogP contribution in [0.1, 0.15) is 11.1 Å². The van der Waals surface area contributed by atoms with E-state index in [0.29, 0.717) is 39.8 Å². The zero-order valence-corrected chi connectivity index (χ0v) is 18.6. The molecule has 2 aromatic carbocycles. The molecule has 6 N–H and O–H groups in total. The van der Waals surface area contributed by atoms with Crippen LogP contribution >= 0.6 is 12.4 Å². The molecular formula is C21H27ClN4O5. The first-order valence-electron chi connectivity index (χ1n) is 8.69. The van der Waals surface area contributed by atoms with Gasteiger partial charge in [-0.2, -0.15) is 5.26 Å². The van der Waals surface area contributed by atoms with E-state index >= 15 is 0 Å². The fourth-order valence-electron chi connectivity index (χ4n) is 2.43. The van der Waals surface area contributed by atoms with Crippen molar-refractivity contribution in [2.24, 2.45) is 11.5 Å². The molecule has 0 saturated carbocycles. The Morgan fingerprint density at radius 1 is 1.00 bits per heavy atom. The number of hydrogen-bond acceptors (Lipinski definition) is 8. The smallest absolute Gasteiger partial charge is 0.231 e. The standard InChI is InChI=1S/C19H20N2O4.C2H6N2O.ClH/c1-22-16-6-5-12(8-15(16)21)7-14(11-20)13-9-17(23-2)19(25-4)18(10-13)24-3;3-1-2(4)5;/h5-10H,21H2,1-4H3;1,3H2,(H2,4,5);1H/b14-7-;;. The van der Waals surface area contributed by atoms with Crippen LogP contribution < -0.4 is 36.1 Å². The Kier molecular flexibility index (Phi) is 12.0. The summed E-state index contributed by atoms with van der Waals surface area (Å²) < 4.78 is 21.1. The fraction of sp³-hybridized carbons (Fsp3) is 0.238. The molecule has 0 aliphatic rings. The van der Waals surface area contributed by atoms with Crippen molar-refractivity contribution < 1.29 is 23.7 Å². The van der Waals surface area contributed by atoms with Gasteiger partial charge < -0.3 is 36.1 Å². The predicted molar refractivity (Wildman–Crippen MR) is 122 cm³/mol. The molecule has 1 amide bonds. The quantitative estimate of drug-likeness (QED) is 0.329. The van der Waals surface area contributed by atoms with E-state index < -0.39 is 5.91 Å². The number of halogens is 1. The van der Waals surface area contributed by atoms with Crippen LogP contribution in [-0.4, -0.2) is 40.9 Å². The second-order valence-electron chi connectivity index (χ2n) is 5.76. The van der Waals surface area contributed by atoms with Crippen molar-refractivity contribution >= 4 is 35.7 Å². The zero-order chi connectivity index (χ0) is 22.7. The number of ether oxygens (including phenoxy) is 4. The zero-order valence-electron chi connectivity index (χ0n) is 17.8. The Hall–Kier alpha value is -3.61. The number of nitrogens with two attached hydrogens (primary N) is 3. The number of anilines is 1. The number of carbonyl (C=O) groups is 1. The minimum Gasteiger partial charge on any atom is -0.495 e. The largest absolute Gasteiger partial charge is 0.495 e. The molecule has 0 saturated heterocycles. The van der Waals surface area contributed by atoms with Crippen molar-refractivity contribution in [2.45, 2.75) is 0 Å². The molecule has 31 heavy (non-hydrogen) atoms. The summed E-state index contributed by atoms with van der Waals surface area (Å²) in [5.74, 6) is 1.55. The monoisotopic (exact) mass is 450 g/mol.